The molecule has 0 aliphatic carbocycles. The fourth-order valence-corrected chi connectivity index (χ4v) is 3.06. The van der Waals surface area contributed by atoms with Crippen molar-refractivity contribution in [3.05, 3.63) is 83.3 Å². The van der Waals surface area contributed by atoms with Crippen molar-refractivity contribution >= 4 is 5.91 Å². The van der Waals surface area contributed by atoms with Crippen molar-refractivity contribution in [2.75, 3.05) is 7.05 Å². The van der Waals surface area contributed by atoms with E-state index in [2.05, 4.69) is 23.0 Å². The summed E-state index contributed by atoms with van der Waals surface area (Å²) in [7, 11) is 1.85. The molecule has 1 aromatic carbocycles. The summed E-state index contributed by atoms with van der Waals surface area (Å²) in [4.78, 5) is 23.6. The summed E-state index contributed by atoms with van der Waals surface area (Å²) in [6.45, 7) is 6.14. The summed E-state index contributed by atoms with van der Waals surface area (Å²) in [6, 6.07) is 15.8. The van der Waals surface area contributed by atoms with Crippen LogP contribution in [0.4, 0.5) is 0 Å². The maximum Gasteiger partial charge on any atom is 0.253 e. The Kier molecular flexibility index (Phi) is 5.65. The summed E-state index contributed by atoms with van der Waals surface area (Å²) in [5, 5.41) is 0. The molecular weight excluding hydrogens is 334 g/mol. The Labute approximate surface area is 160 Å². The van der Waals surface area contributed by atoms with Crippen molar-refractivity contribution < 1.29 is 4.79 Å². The first-order valence-electron chi connectivity index (χ1n) is 9.16. The zero-order valence-electron chi connectivity index (χ0n) is 16.3. The van der Waals surface area contributed by atoms with Crippen LogP contribution in [0.2, 0.25) is 0 Å². The highest BCUT2D eigenvalue weighted by molar-refractivity contribution is 5.95. The van der Waals surface area contributed by atoms with Crippen LogP contribution in [-0.2, 0) is 6.42 Å². The molecule has 2 heterocycles. The van der Waals surface area contributed by atoms with Gasteiger partial charge in [0.2, 0.25) is 0 Å². The van der Waals surface area contributed by atoms with Crippen LogP contribution in [0, 0.1) is 13.8 Å². The van der Waals surface area contributed by atoms with E-state index in [-0.39, 0.29) is 11.9 Å². The van der Waals surface area contributed by atoms with Gasteiger partial charge in [0.1, 0.15) is 0 Å². The molecule has 27 heavy (non-hydrogen) atoms. The smallest absolute Gasteiger partial charge is 0.253 e. The topological polar surface area (TPSA) is 46.1 Å². The Bertz CT molecular complexity index is 952. The molecule has 0 fully saturated rings. The number of amides is 1. The third-order valence-corrected chi connectivity index (χ3v) is 4.78. The van der Waals surface area contributed by atoms with Gasteiger partial charge >= 0.3 is 0 Å². The third-order valence-electron chi connectivity index (χ3n) is 4.78. The number of likely N-dealkylation sites (N-methyl/N-ethyl adjacent to an activating group) is 1. The molecule has 0 saturated carbocycles. The van der Waals surface area contributed by atoms with Crippen molar-refractivity contribution in [1.82, 2.24) is 14.9 Å². The minimum Gasteiger partial charge on any atom is -0.339 e. The molecule has 1 atom stereocenters. The number of aromatic nitrogens is 2. The molecule has 3 aromatic rings. The van der Waals surface area contributed by atoms with E-state index in [1.807, 2.05) is 69.6 Å². The minimum absolute atomic E-state index is 0.00431. The summed E-state index contributed by atoms with van der Waals surface area (Å²) < 4.78 is 0. The van der Waals surface area contributed by atoms with Gasteiger partial charge in [-0.15, -0.1) is 0 Å². The molecule has 2 aromatic heterocycles. The van der Waals surface area contributed by atoms with E-state index >= 15 is 0 Å². The van der Waals surface area contributed by atoms with Crippen molar-refractivity contribution in [1.29, 1.82) is 0 Å². The first-order chi connectivity index (χ1) is 12.9. The SMILES string of the molecule is Cc1ccnc(C[C@H](C)N(C)C(=O)c2cccc(-c3cc(C)ccn3)c2)c1. The average molecular weight is 359 g/mol. The lowest BCUT2D eigenvalue weighted by atomic mass is 10.0. The first kappa shape index (κ1) is 18.8. The quantitative estimate of drug-likeness (QED) is 0.675. The zero-order chi connectivity index (χ0) is 19.4. The maximum absolute atomic E-state index is 13.0. The molecule has 0 spiro atoms. The van der Waals surface area contributed by atoms with Gasteiger partial charge in [-0.3, -0.25) is 14.8 Å². The number of carbonyl (C=O) groups excluding carboxylic acids is 1. The molecule has 0 aliphatic rings. The Morgan fingerprint density at radius 2 is 1.70 bits per heavy atom. The zero-order valence-corrected chi connectivity index (χ0v) is 16.3. The molecule has 0 radical (unpaired) electrons. The molecule has 0 N–H and O–H groups in total. The molecule has 0 aliphatic heterocycles. The van der Waals surface area contributed by atoms with Crippen LogP contribution in [0.25, 0.3) is 11.3 Å². The third kappa shape index (κ3) is 4.59. The van der Waals surface area contributed by atoms with Gasteiger partial charge in [0.05, 0.1) is 5.69 Å². The second-order valence-corrected chi connectivity index (χ2v) is 7.09. The number of benzene rings is 1. The molecule has 0 unspecified atom stereocenters. The number of carbonyl (C=O) groups is 1. The number of hydrogen-bond acceptors (Lipinski definition) is 3. The van der Waals surface area contributed by atoms with Crippen molar-refractivity contribution in [2.24, 2.45) is 0 Å². The summed E-state index contributed by atoms with van der Waals surface area (Å²) in [5.41, 5.74) is 5.82. The minimum atomic E-state index is 0.00431. The monoisotopic (exact) mass is 359 g/mol. The summed E-state index contributed by atoms with van der Waals surface area (Å²) >= 11 is 0. The van der Waals surface area contributed by atoms with E-state index in [1.165, 1.54) is 5.56 Å². The van der Waals surface area contributed by atoms with Crippen LogP contribution in [0.15, 0.2) is 60.9 Å². The lowest BCUT2D eigenvalue weighted by Gasteiger charge is -2.25. The number of hydrogen-bond donors (Lipinski definition) is 0. The first-order valence-corrected chi connectivity index (χ1v) is 9.16. The van der Waals surface area contributed by atoms with Crippen molar-refractivity contribution in [3.63, 3.8) is 0 Å². The second-order valence-electron chi connectivity index (χ2n) is 7.09. The standard InChI is InChI=1S/C23H25N3O/c1-16-8-10-24-21(12-16)14-18(3)26(4)23(27)20-7-5-6-19(15-20)22-13-17(2)9-11-25-22/h5-13,15,18H,14H2,1-4H3/t18-/m0/s1. The Hall–Kier alpha value is -3.01. The average Bonchev–Trinajstić information content (AvgIpc) is 2.67. The summed E-state index contributed by atoms with van der Waals surface area (Å²) in [6.07, 6.45) is 4.34. The number of pyridine rings is 2. The molecule has 4 heteroatoms. The molecule has 0 saturated heterocycles. The van der Waals surface area contributed by atoms with Crippen LogP contribution in [-0.4, -0.2) is 33.9 Å². The molecular formula is C23H25N3O. The van der Waals surface area contributed by atoms with E-state index in [0.717, 1.165) is 28.9 Å². The van der Waals surface area contributed by atoms with E-state index in [4.69, 9.17) is 0 Å². The predicted octanol–water partition coefficient (Wildman–Crippen LogP) is 4.46. The molecule has 4 nitrogen and oxygen atoms in total. The number of aryl methyl sites for hydroxylation is 2. The summed E-state index contributed by atoms with van der Waals surface area (Å²) in [5.74, 6) is 0.00431. The fourth-order valence-electron chi connectivity index (χ4n) is 3.06. The van der Waals surface area contributed by atoms with Gasteiger partial charge in [-0.05, 0) is 68.3 Å². The highest BCUT2D eigenvalue weighted by atomic mass is 16.2. The van der Waals surface area contributed by atoms with Crippen LogP contribution in [0.3, 0.4) is 0 Å². The van der Waals surface area contributed by atoms with Crippen LogP contribution in [0.5, 0.6) is 0 Å². The maximum atomic E-state index is 13.0. The highest BCUT2D eigenvalue weighted by Crippen LogP contribution is 2.20. The van der Waals surface area contributed by atoms with Gasteiger partial charge in [0, 0.05) is 48.7 Å². The van der Waals surface area contributed by atoms with Crippen molar-refractivity contribution in [2.45, 2.75) is 33.2 Å². The van der Waals surface area contributed by atoms with Crippen LogP contribution >= 0.6 is 0 Å². The van der Waals surface area contributed by atoms with Gasteiger partial charge in [0.25, 0.3) is 5.91 Å². The van der Waals surface area contributed by atoms with Gasteiger partial charge in [-0.25, -0.2) is 0 Å². The Morgan fingerprint density at radius 1 is 1.00 bits per heavy atom. The molecule has 1 amide bonds. The largest absolute Gasteiger partial charge is 0.339 e. The number of nitrogens with zero attached hydrogens (tertiary/aromatic N) is 3. The lowest BCUT2D eigenvalue weighted by Crippen LogP contribution is -2.36. The Balaban J connectivity index is 1.77. The van der Waals surface area contributed by atoms with Crippen LogP contribution in [0.1, 0.15) is 34.1 Å². The van der Waals surface area contributed by atoms with Gasteiger partial charge in [-0.2, -0.15) is 0 Å². The predicted molar refractivity (Wildman–Crippen MR) is 109 cm³/mol. The molecule has 0 bridgehead atoms. The van der Waals surface area contributed by atoms with E-state index in [0.29, 0.717) is 5.56 Å². The second kappa shape index (κ2) is 8.12. The van der Waals surface area contributed by atoms with Gasteiger partial charge in [-0.1, -0.05) is 12.1 Å². The molecule has 3 rings (SSSR count). The van der Waals surface area contributed by atoms with Crippen molar-refractivity contribution in [3.8, 4) is 11.3 Å². The van der Waals surface area contributed by atoms with Crippen LogP contribution < -0.4 is 0 Å². The Morgan fingerprint density at radius 3 is 2.41 bits per heavy atom. The molecule has 138 valence electrons. The normalized spacial score (nSPS) is 11.9. The van der Waals surface area contributed by atoms with E-state index < -0.39 is 0 Å². The van der Waals surface area contributed by atoms with Gasteiger partial charge < -0.3 is 4.90 Å². The van der Waals surface area contributed by atoms with E-state index in [1.54, 1.807) is 11.1 Å². The lowest BCUT2D eigenvalue weighted by molar-refractivity contribution is 0.0743. The van der Waals surface area contributed by atoms with Gasteiger partial charge in [0.15, 0.2) is 0 Å². The fraction of sp³-hybridized carbons (Fsp3) is 0.261. The highest BCUT2D eigenvalue weighted by Gasteiger charge is 2.19. The van der Waals surface area contributed by atoms with E-state index in [9.17, 15) is 4.79 Å². The number of rotatable bonds is 5.